The molecule has 0 aromatic heterocycles. The minimum Gasteiger partial charge on any atom is -0.505 e. The SMILES string of the molecule is COc1ccccc1OCC(=O)Nc1cc(Cl)c(O)c(Cl)c1. The summed E-state index contributed by atoms with van der Waals surface area (Å²) in [5.74, 6) is 0.364. The summed E-state index contributed by atoms with van der Waals surface area (Å²) in [4.78, 5) is 11.9. The molecule has 0 bridgehead atoms. The first-order valence-electron chi connectivity index (χ1n) is 6.25. The van der Waals surface area contributed by atoms with Crippen LogP contribution in [0.25, 0.3) is 0 Å². The van der Waals surface area contributed by atoms with Gasteiger partial charge in [-0.3, -0.25) is 4.79 Å². The zero-order valence-corrected chi connectivity index (χ0v) is 13.1. The molecule has 0 saturated heterocycles. The fourth-order valence-corrected chi connectivity index (χ4v) is 2.20. The lowest BCUT2D eigenvalue weighted by Crippen LogP contribution is -2.20. The Bertz CT molecular complexity index is 668. The second-order valence-electron chi connectivity index (χ2n) is 4.28. The van der Waals surface area contributed by atoms with E-state index >= 15 is 0 Å². The summed E-state index contributed by atoms with van der Waals surface area (Å²) < 4.78 is 10.5. The Morgan fingerprint density at radius 2 is 1.77 bits per heavy atom. The van der Waals surface area contributed by atoms with E-state index in [4.69, 9.17) is 32.7 Å². The second kappa shape index (κ2) is 7.24. The zero-order chi connectivity index (χ0) is 16.1. The molecule has 0 heterocycles. The number of anilines is 1. The predicted octanol–water partition coefficient (Wildman–Crippen LogP) is 3.73. The summed E-state index contributed by atoms with van der Waals surface area (Å²) >= 11 is 11.6. The molecule has 116 valence electrons. The van der Waals surface area contributed by atoms with Crippen LogP contribution in [0.4, 0.5) is 5.69 Å². The van der Waals surface area contributed by atoms with Crippen molar-refractivity contribution < 1.29 is 19.4 Å². The minimum absolute atomic E-state index is 0.0495. The Morgan fingerprint density at radius 1 is 1.18 bits per heavy atom. The van der Waals surface area contributed by atoms with Crippen molar-refractivity contribution in [2.75, 3.05) is 19.0 Å². The molecule has 7 heteroatoms. The predicted molar refractivity (Wildman–Crippen MR) is 85.2 cm³/mol. The number of phenols is 1. The molecule has 0 aliphatic heterocycles. The van der Waals surface area contributed by atoms with Crippen LogP contribution < -0.4 is 14.8 Å². The molecule has 2 rings (SSSR count). The molecule has 0 radical (unpaired) electrons. The molecule has 0 fully saturated rings. The van der Waals surface area contributed by atoms with Gasteiger partial charge in [0.15, 0.2) is 23.9 Å². The first kappa shape index (κ1) is 16.3. The number of hydrogen-bond acceptors (Lipinski definition) is 4. The Morgan fingerprint density at radius 3 is 2.36 bits per heavy atom. The monoisotopic (exact) mass is 341 g/mol. The van der Waals surface area contributed by atoms with E-state index in [9.17, 15) is 9.90 Å². The van der Waals surface area contributed by atoms with E-state index in [1.807, 2.05) is 0 Å². The molecule has 2 aromatic carbocycles. The number of carbonyl (C=O) groups excluding carboxylic acids is 1. The van der Waals surface area contributed by atoms with Crippen LogP contribution in [0.3, 0.4) is 0 Å². The number of benzene rings is 2. The lowest BCUT2D eigenvalue weighted by Gasteiger charge is -2.11. The van der Waals surface area contributed by atoms with Gasteiger partial charge in [-0.25, -0.2) is 0 Å². The number of hydrogen-bond donors (Lipinski definition) is 2. The largest absolute Gasteiger partial charge is 0.505 e. The third-order valence-corrected chi connectivity index (χ3v) is 3.30. The van der Waals surface area contributed by atoms with Gasteiger partial charge in [0.2, 0.25) is 0 Å². The molecule has 1 amide bonds. The lowest BCUT2D eigenvalue weighted by atomic mass is 10.3. The van der Waals surface area contributed by atoms with Gasteiger partial charge in [0, 0.05) is 5.69 Å². The van der Waals surface area contributed by atoms with E-state index in [1.165, 1.54) is 19.2 Å². The summed E-state index contributed by atoms with van der Waals surface area (Å²) in [6.45, 7) is -0.212. The summed E-state index contributed by atoms with van der Waals surface area (Å²) in [6, 6.07) is 9.78. The Kier molecular flexibility index (Phi) is 5.35. The highest BCUT2D eigenvalue weighted by atomic mass is 35.5. The molecule has 0 aliphatic carbocycles. The number of ether oxygens (including phenoxy) is 2. The van der Waals surface area contributed by atoms with E-state index in [0.29, 0.717) is 17.2 Å². The minimum atomic E-state index is -0.399. The average molecular weight is 342 g/mol. The Hall–Kier alpha value is -2.11. The van der Waals surface area contributed by atoms with Crippen LogP contribution in [-0.4, -0.2) is 24.7 Å². The third-order valence-electron chi connectivity index (χ3n) is 2.73. The number of amides is 1. The molecular formula is C15H13Cl2NO4. The molecule has 0 spiro atoms. The molecule has 0 unspecified atom stereocenters. The van der Waals surface area contributed by atoms with E-state index in [1.54, 1.807) is 24.3 Å². The molecule has 5 nitrogen and oxygen atoms in total. The van der Waals surface area contributed by atoms with Gasteiger partial charge >= 0.3 is 0 Å². The van der Waals surface area contributed by atoms with E-state index in [0.717, 1.165) is 0 Å². The normalized spacial score (nSPS) is 10.1. The number of rotatable bonds is 5. The number of para-hydroxylation sites is 2. The van der Waals surface area contributed by atoms with Crippen LogP contribution in [0, 0.1) is 0 Å². The fourth-order valence-electron chi connectivity index (χ4n) is 1.72. The summed E-state index contributed by atoms with van der Waals surface area (Å²) in [5, 5.41) is 12.1. The van der Waals surface area contributed by atoms with E-state index in [-0.39, 0.29) is 22.4 Å². The second-order valence-corrected chi connectivity index (χ2v) is 5.09. The van der Waals surface area contributed by atoms with Crippen LogP contribution in [0.1, 0.15) is 0 Å². The van der Waals surface area contributed by atoms with Gasteiger partial charge in [-0.15, -0.1) is 0 Å². The highest BCUT2D eigenvalue weighted by molar-refractivity contribution is 6.37. The van der Waals surface area contributed by atoms with Crippen molar-refractivity contribution >= 4 is 34.8 Å². The maximum absolute atomic E-state index is 11.9. The number of carbonyl (C=O) groups is 1. The summed E-state index contributed by atoms with van der Waals surface area (Å²) in [7, 11) is 1.52. The Balaban J connectivity index is 1.99. The van der Waals surface area contributed by atoms with E-state index < -0.39 is 5.91 Å². The highest BCUT2D eigenvalue weighted by Crippen LogP contribution is 2.34. The summed E-state index contributed by atoms with van der Waals surface area (Å²) in [6.07, 6.45) is 0. The van der Waals surface area contributed by atoms with Crippen molar-refractivity contribution in [1.82, 2.24) is 0 Å². The van der Waals surface area contributed by atoms with Crippen molar-refractivity contribution in [3.05, 3.63) is 46.4 Å². The highest BCUT2D eigenvalue weighted by Gasteiger charge is 2.10. The Labute approximate surface area is 137 Å². The van der Waals surface area contributed by atoms with Crippen LogP contribution in [-0.2, 0) is 4.79 Å². The molecule has 2 aromatic rings. The smallest absolute Gasteiger partial charge is 0.262 e. The van der Waals surface area contributed by atoms with Crippen molar-refractivity contribution in [1.29, 1.82) is 0 Å². The van der Waals surface area contributed by atoms with Gasteiger partial charge < -0.3 is 19.9 Å². The quantitative estimate of drug-likeness (QED) is 0.813. The van der Waals surface area contributed by atoms with Gasteiger partial charge in [0.1, 0.15) is 0 Å². The first-order valence-corrected chi connectivity index (χ1v) is 7.00. The van der Waals surface area contributed by atoms with Crippen molar-refractivity contribution in [2.45, 2.75) is 0 Å². The van der Waals surface area contributed by atoms with Crippen LogP contribution in [0.2, 0.25) is 10.0 Å². The van der Waals surface area contributed by atoms with Crippen LogP contribution in [0.15, 0.2) is 36.4 Å². The molecule has 0 atom stereocenters. The lowest BCUT2D eigenvalue weighted by molar-refractivity contribution is -0.118. The topological polar surface area (TPSA) is 67.8 Å². The first-order chi connectivity index (χ1) is 10.5. The molecule has 2 N–H and O–H groups in total. The zero-order valence-electron chi connectivity index (χ0n) is 11.6. The molecule has 0 aliphatic rings. The maximum Gasteiger partial charge on any atom is 0.262 e. The standard InChI is InChI=1S/C15H13Cl2NO4/c1-21-12-4-2-3-5-13(12)22-8-14(19)18-9-6-10(16)15(20)11(17)7-9/h2-7,20H,8H2,1H3,(H,18,19). The molecule has 22 heavy (non-hydrogen) atoms. The van der Waals surface area contributed by atoms with Crippen LogP contribution in [0.5, 0.6) is 17.2 Å². The van der Waals surface area contributed by atoms with Gasteiger partial charge in [-0.1, -0.05) is 35.3 Å². The number of halogens is 2. The number of phenolic OH excluding ortho intramolecular Hbond substituents is 1. The third kappa shape index (κ3) is 3.96. The number of nitrogens with one attached hydrogen (secondary N) is 1. The number of methoxy groups -OCH3 is 1. The fraction of sp³-hybridized carbons (Fsp3) is 0.133. The molecular weight excluding hydrogens is 329 g/mol. The molecule has 0 saturated carbocycles. The van der Waals surface area contributed by atoms with E-state index in [2.05, 4.69) is 5.32 Å². The van der Waals surface area contributed by atoms with Gasteiger partial charge in [-0.05, 0) is 24.3 Å². The van der Waals surface area contributed by atoms with Crippen LogP contribution >= 0.6 is 23.2 Å². The van der Waals surface area contributed by atoms with Crippen molar-refractivity contribution in [3.8, 4) is 17.2 Å². The number of aromatic hydroxyl groups is 1. The van der Waals surface area contributed by atoms with Gasteiger partial charge in [-0.2, -0.15) is 0 Å². The van der Waals surface area contributed by atoms with Gasteiger partial charge in [0.05, 0.1) is 17.2 Å². The van der Waals surface area contributed by atoms with Gasteiger partial charge in [0.25, 0.3) is 5.91 Å². The van der Waals surface area contributed by atoms with Crippen molar-refractivity contribution in [2.24, 2.45) is 0 Å². The maximum atomic E-state index is 11.9. The average Bonchev–Trinajstić information content (AvgIpc) is 2.50. The van der Waals surface area contributed by atoms with Crippen molar-refractivity contribution in [3.63, 3.8) is 0 Å². The summed E-state index contributed by atoms with van der Waals surface area (Å²) in [5.41, 5.74) is 0.362.